The molecule has 1 aliphatic rings. The summed E-state index contributed by atoms with van der Waals surface area (Å²) in [5.74, 6) is 0.852. The minimum Gasteiger partial charge on any atom is -0.493 e. The third-order valence-corrected chi connectivity index (χ3v) is 1.84. The fourth-order valence-corrected chi connectivity index (χ4v) is 1.24. The Hall–Kier alpha value is -1.18. The molecule has 0 spiro atoms. The molecule has 1 nitrogen and oxygen atoms in total. The molecule has 2 heteroatoms. The molecule has 1 atom stereocenters. The highest BCUT2D eigenvalue weighted by molar-refractivity contribution is 6.16. The smallest absolute Gasteiger partial charge is 0.137 e. The molecule has 0 aromatic heterocycles. The monoisotopic (exact) mass is 186 g/mol. The van der Waals surface area contributed by atoms with Crippen molar-refractivity contribution in [3.05, 3.63) is 35.9 Å². The summed E-state index contributed by atoms with van der Waals surface area (Å²) < 4.78 is 5.51. The van der Waals surface area contributed by atoms with Crippen LogP contribution >= 0.6 is 0 Å². The summed E-state index contributed by atoms with van der Waals surface area (Å²) >= 11 is 0. The molecule has 0 fully saturated rings. The lowest BCUT2D eigenvalue weighted by Gasteiger charge is -2.28. The normalized spacial score (nSPS) is 22.8. The van der Waals surface area contributed by atoms with Gasteiger partial charge >= 0.3 is 0 Å². The van der Waals surface area contributed by atoms with E-state index in [2.05, 4.69) is 0 Å². The first kappa shape index (κ1) is 10.9. The molecule has 0 N–H and O–H groups in total. The summed E-state index contributed by atoms with van der Waals surface area (Å²) in [6, 6.07) is 7.84. The number of hydrogen-bond acceptors (Lipinski definition) is 1. The van der Waals surface area contributed by atoms with Crippen molar-refractivity contribution < 1.29 is 4.74 Å². The Morgan fingerprint density at radius 1 is 1.21 bits per heavy atom. The highest BCUT2D eigenvalue weighted by atomic mass is 16.5. The fraction of sp³-hybridized carbons (Fsp3) is 0.333. The SMILES string of the molecule is CC.[B]C1(C)C=Cc2ccccc2O1. The molecule has 14 heavy (non-hydrogen) atoms. The van der Waals surface area contributed by atoms with Gasteiger partial charge in [-0.2, -0.15) is 0 Å². The first-order valence-electron chi connectivity index (χ1n) is 4.93. The van der Waals surface area contributed by atoms with E-state index in [1.807, 2.05) is 57.2 Å². The van der Waals surface area contributed by atoms with Crippen LogP contribution in [-0.4, -0.2) is 13.3 Å². The molecule has 1 aromatic carbocycles. The second-order valence-electron chi connectivity index (χ2n) is 3.16. The van der Waals surface area contributed by atoms with Crippen molar-refractivity contribution in [1.29, 1.82) is 0 Å². The summed E-state index contributed by atoms with van der Waals surface area (Å²) in [5.41, 5.74) is 0.425. The predicted molar refractivity (Wildman–Crippen MR) is 61.6 cm³/mol. The summed E-state index contributed by atoms with van der Waals surface area (Å²) in [5, 5.41) is 0. The van der Waals surface area contributed by atoms with E-state index in [0.29, 0.717) is 0 Å². The zero-order valence-electron chi connectivity index (χ0n) is 8.95. The van der Waals surface area contributed by atoms with E-state index in [0.717, 1.165) is 11.3 Å². The van der Waals surface area contributed by atoms with Crippen LogP contribution < -0.4 is 4.74 Å². The van der Waals surface area contributed by atoms with Gasteiger partial charge in [0.05, 0.1) is 5.50 Å². The summed E-state index contributed by atoms with van der Waals surface area (Å²) in [6.45, 7) is 5.83. The first-order chi connectivity index (χ1) is 6.67. The third-order valence-electron chi connectivity index (χ3n) is 1.84. The Morgan fingerprint density at radius 3 is 2.57 bits per heavy atom. The largest absolute Gasteiger partial charge is 0.493 e. The van der Waals surface area contributed by atoms with Crippen molar-refractivity contribution in [2.45, 2.75) is 26.3 Å². The van der Waals surface area contributed by atoms with Gasteiger partial charge in [0, 0.05) is 5.56 Å². The van der Waals surface area contributed by atoms with E-state index < -0.39 is 5.50 Å². The Labute approximate surface area is 87.2 Å². The lowest BCUT2D eigenvalue weighted by Crippen LogP contribution is -2.31. The minimum atomic E-state index is -0.658. The Balaban J connectivity index is 0.000000461. The Bertz CT molecular complexity index is 329. The van der Waals surface area contributed by atoms with E-state index in [-0.39, 0.29) is 0 Å². The van der Waals surface area contributed by atoms with Gasteiger partial charge in [-0.1, -0.05) is 44.2 Å². The summed E-state index contributed by atoms with van der Waals surface area (Å²) in [7, 11) is 5.78. The van der Waals surface area contributed by atoms with Gasteiger partial charge in [0.1, 0.15) is 13.6 Å². The second kappa shape index (κ2) is 4.36. The average Bonchev–Trinajstić information content (AvgIpc) is 2.19. The van der Waals surface area contributed by atoms with Crippen LogP contribution in [0, 0.1) is 0 Å². The van der Waals surface area contributed by atoms with E-state index in [1.165, 1.54) is 0 Å². The molecule has 0 aliphatic carbocycles. The number of rotatable bonds is 0. The van der Waals surface area contributed by atoms with Crippen molar-refractivity contribution in [2.24, 2.45) is 0 Å². The molecule has 1 aliphatic heterocycles. The van der Waals surface area contributed by atoms with Crippen molar-refractivity contribution in [1.82, 2.24) is 0 Å². The van der Waals surface area contributed by atoms with E-state index in [4.69, 9.17) is 12.6 Å². The molecule has 2 rings (SSSR count). The van der Waals surface area contributed by atoms with Crippen molar-refractivity contribution in [3.63, 3.8) is 0 Å². The van der Waals surface area contributed by atoms with Crippen LogP contribution in [0.1, 0.15) is 26.3 Å². The number of ether oxygens (including phenoxy) is 1. The van der Waals surface area contributed by atoms with Crippen LogP contribution in [-0.2, 0) is 0 Å². The highest BCUT2D eigenvalue weighted by Gasteiger charge is 2.19. The number of hydrogen-bond donors (Lipinski definition) is 0. The molecule has 0 bridgehead atoms. The topological polar surface area (TPSA) is 9.23 Å². The van der Waals surface area contributed by atoms with E-state index >= 15 is 0 Å². The molecule has 2 radical (unpaired) electrons. The van der Waals surface area contributed by atoms with Crippen LogP contribution in [0.15, 0.2) is 30.3 Å². The molecule has 1 aromatic rings. The zero-order valence-corrected chi connectivity index (χ0v) is 8.95. The molecular weight excluding hydrogens is 171 g/mol. The second-order valence-corrected chi connectivity index (χ2v) is 3.16. The fourth-order valence-electron chi connectivity index (χ4n) is 1.24. The number of para-hydroxylation sites is 1. The third kappa shape index (κ3) is 2.41. The van der Waals surface area contributed by atoms with Gasteiger partial charge in [-0.25, -0.2) is 0 Å². The Morgan fingerprint density at radius 2 is 1.86 bits per heavy atom. The van der Waals surface area contributed by atoms with Gasteiger partial charge in [-0.15, -0.1) is 0 Å². The lowest BCUT2D eigenvalue weighted by molar-refractivity contribution is 0.224. The lowest BCUT2D eigenvalue weighted by atomic mass is 9.81. The molecular formula is C12H15BO. The predicted octanol–water partition coefficient (Wildman–Crippen LogP) is 3.00. The number of benzene rings is 1. The van der Waals surface area contributed by atoms with Gasteiger partial charge in [0.15, 0.2) is 0 Å². The summed E-state index contributed by atoms with van der Waals surface area (Å²) in [4.78, 5) is 0. The van der Waals surface area contributed by atoms with Crippen LogP contribution in [0.5, 0.6) is 5.75 Å². The molecule has 72 valence electrons. The van der Waals surface area contributed by atoms with Crippen molar-refractivity contribution >= 4 is 13.9 Å². The van der Waals surface area contributed by atoms with Crippen molar-refractivity contribution in [2.75, 3.05) is 0 Å². The van der Waals surface area contributed by atoms with Crippen LogP contribution in [0.25, 0.3) is 6.08 Å². The standard InChI is InChI=1S/C10H9BO.C2H6/c1-10(11)7-6-8-4-2-3-5-9(8)12-10;1-2/h2-7H,1H3;1-2H3. The van der Waals surface area contributed by atoms with Gasteiger partial charge < -0.3 is 4.74 Å². The highest BCUT2D eigenvalue weighted by Crippen LogP contribution is 2.28. The maximum atomic E-state index is 5.78. The Kier molecular flexibility index (Phi) is 3.40. The quantitative estimate of drug-likeness (QED) is 0.566. The van der Waals surface area contributed by atoms with Gasteiger partial charge in [0.2, 0.25) is 0 Å². The van der Waals surface area contributed by atoms with Crippen molar-refractivity contribution in [3.8, 4) is 5.75 Å². The molecule has 0 saturated heterocycles. The molecule has 1 heterocycles. The van der Waals surface area contributed by atoms with Gasteiger partial charge in [0.25, 0.3) is 0 Å². The minimum absolute atomic E-state index is 0.658. The first-order valence-corrected chi connectivity index (χ1v) is 4.93. The average molecular weight is 186 g/mol. The molecule has 0 saturated carbocycles. The van der Waals surface area contributed by atoms with Crippen LogP contribution in [0.4, 0.5) is 0 Å². The summed E-state index contributed by atoms with van der Waals surface area (Å²) in [6.07, 6.45) is 3.84. The van der Waals surface area contributed by atoms with Gasteiger partial charge in [-0.05, 0) is 13.0 Å². The van der Waals surface area contributed by atoms with E-state index in [9.17, 15) is 0 Å². The van der Waals surface area contributed by atoms with E-state index in [1.54, 1.807) is 0 Å². The molecule has 1 unspecified atom stereocenters. The van der Waals surface area contributed by atoms with Crippen LogP contribution in [0.3, 0.4) is 0 Å². The maximum Gasteiger partial charge on any atom is 0.137 e. The molecule has 0 amide bonds. The van der Waals surface area contributed by atoms with Gasteiger partial charge in [-0.3, -0.25) is 0 Å². The maximum absolute atomic E-state index is 5.78. The zero-order chi connectivity index (χ0) is 10.6. The van der Waals surface area contributed by atoms with Crippen LogP contribution in [0.2, 0.25) is 0 Å². The number of fused-ring (bicyclic) bond motifs is 1.